The fourth-order valence-corrected chi connectivity index (χ4v) is 2.49. The van der Waals surface area contributed by atoms with Gasteiger partial charge in [0.25, 0.3) is 5.91 Å². The zero-order chi connectivity index (χ0) is 15.7. The molecule has 0 saturated heterocycles. The molecule has 0 aliphatic rings. The third-order valence-electron chi connectivity index (χ3n) is 3.53. The Morgan fingerprint density at radius 3 is 2.68 bits per heavy atom. The molecular weight excluding hydrogens is 282 g/mol. The van der Waals surface area contributed by atoms with Crippen molar-refractivity contribution in [2.75, 3.05) is 14.2 Å². The van der Waals surface area contributed by atoms with Gasteiger partial charge in [0.15, 0.2) is 0 Å². The van der Waals surface area contributed by atoms with Crippen LogP contribution < -0.4 is 15.7 Å². The summed E-state index contributed by atoms with van der Waals surface area (Å²) in [4.78, 5) is 28.9. The van der Waals surface area contributed by atoms with E-state index in [1.807, 2.05) is 18.2 Å². The van der Waals surface area contributed by atoms with Crippen molar-refractivity contribution in [3.05, 3.63) is 52.4 Å². The van der Waals surface area contributed by atoms with Crippen molar-refractivity contribution in [3.8, 4) is 16.9 Å². The lowest BCUT2D eigenvalue weighted by Crippen LogP contribution is -2.17. The van der Waals surface area contributed by atoms with Crippen molar-refractivity contribution >= 4 is 16.9 Å². The van der Waals surface area contributed by atoms with Gasteiger partial charge in [0.2, 0.25) is 0 Å². The summed E-state index contributed by atoms with van der Waals surface area (Å²) in [7, 11) is 3.15. The van der Waals surface area contributed by atoms with Crippen molar-refractivity contribution < 1.29 is 9.53 Å². The fourth-order valence-electron chi connectivity index (χ4n) is 2.49. The van der Waals surface area contributed by atoms with Gasteiger partial charge in [0.05, 0.1) is 18.1 Å². The molecular formula is C16H15N3O3. The third-order valence-corrected chi connectivity index (χ3v) is 3.53. The molecule has 0 atom stereocenters. The Bertz CT molecular complexity index is 908. The number of aromatic amines is 2. The molecule has 22 heavy (non-hydrogen) atoms. The van der Waals surface area contributed by atoms with Gasteiger partial charge in [-0.15, -0.1) is 0 Å². The summed E-state index contributed by atoms with van der Waals surface area (Å²) in [6.45, 7) is 0. The second-order valence-electron chi connectivity index (χ2n) is 4.80. The van der Waals surface area contributed by atoms with Crippen LogP contribution in [0.1, 0.15) is 10.4 Å². The zero-order valence-electron chi connectivity index (χ0n) is 12.2. The molecule has 3 aromatic rings. The lowest BCUT2D eigenvalue weighted by molar-refractivity contribution is 0.0963. The fraction of sp³-hybridized carbons (Fsp3) is 0.125. The van der Waals surface area contributed by atoms with Gasteiger partial charge in [-0.05, 0) is 24.3 Å². The molecule has 112 valence electrons. The Balaban J connectivity index is 2.28. The first-order chi connectivity index (χ1) is 10.6. The van der Waals surface area contributed by atoms with Gasteiger partial charge < -0.3 is 20.0 Å². The van der Waals surface area contributed by atoms with Crippen LogP contribution in [0, 0.1) is 0 Å². The van der Waals surface area contributed by atoms with E-state index in [9.17, 15) is 9.59 Å². The molecule has 0 spiro atoms. The van der Waals surface area contributed by atoms with E-state index < -0.39 is 0 Å². The van der Waals surface area contributed by atoms with Crippen molar-refractivity contribution in [3.63, 3.8) is 0 Å². The van der Waals surface area contributed by atoms with E-state index in [1.165, 1.54) is 0 Å². The summed E-state index contributed by atoms with van der Waals surface area (Å²) in [6, 6.07) is 10.7. The number of aromatic nitrogens is 2. The second-order valence-corrected chi connectivity index (χ2v) is 4.80. The summed E-state index contributed by atoms with van der Waals surface area (Å²) in [5.74, 6) is 0.445. The van der Waals surface area contributed by atoms with Crippen molar-refractivity contribution in [1.82, 2.24) is 15.3 Å². The van der Waals surface area contributed by atoms with Crippen LogP contribution in [0.5, 0.6) is 5.75 Å². The topological polar surface area (TPSA) is 87.0 Å². The number of amides is 1. The lowest BCUT2D eigenvalue weighted by Gasteiger charge is -2.11. The van der Waals surface area contributed by atoms with E-state index in [-0.39, 0.29) is 11.6 Å². The molecule has 0 aliphatic heterocycles. The maximum Gasteiger partial charge on any atom is 0.323 e. The largest absolute Gasteiger partial charge is 0.496 e. The summed E-state index contributed by atoms with van der Waals surface area (Å²) in [5, 5.41) is 2.59. The number of para-hydroxylation sites is 1. The Labute approximate surface area is 126 Å². The van der Waals surface area contributed by atoms with Crippen LogP contribution in [0.3, 0.4) is 0 Å². The van der Waals surface area contributed by atoms with Gasteiger partial charge in [0, 0.05) is 23.7 Å². The Kier molecular flexibility index (Phi) is 3.42. The number of fused-ring (bicyclic) bond motifs is 1. The van der Waals surface area contributed by atoms with Gasteiger partial charge in [-0.25, -0.2) is 4.79 Å². The molecule has 0 saturated carbocycles. The molecule has 1 amide bonds. The number of hydrogen-bond acceptors (Lipinski definition) is 3. The Morgan fingerprint density at radius 1 is 1.14 bits per heavy atom. The van der Waals surface area contributed by atoms with Crippen LogP contribution in [0.4, 0.5) is 0 Å². The van der Waals surface area contributed by atoms with Gasteiger partial charge in [0.1, 0.15) is 5.75 Å². The van der Waals surface area contributed by atoms with Gasteiger partial charge in [-0.1, -0.05) is 12.1 Å². The molecule has 3 rings (SSSR count). The number of carbonyl (C=O) groups is 1. The van der Waals surface area contributed by atoms with Crippen molar-refractivity contribution in [2.45, 2.75) is 0 Å². The van der Waals surface area contributed by atoms with E-state index in [4.69, 9.17) is 4.74 Å². The number of nitrogens with one attached hydrogen (secondary N) is 3. The van der Waals surface area contributed by atoms with E-state index in [2.05, 4.69) is 15.3 Å². The van der Waals surface area contributed by atoms with Crippen LogP contribution in [-0.4, -0.2) is 30.0 Å². The highest BCUT2D eigenvalue weighted by Gasteiger charge is 2.14. The van der Waals surface area contributed by atoms with Gasteiger partial charge >= 0.3 is 5.69 Å². The molecule has 1 heterocycles. The summed E-state index contributed by atoms with van der Waals surface area (Å²) in [5.41, 5.74) is 3.16. The van der Waals surface area contributed by atoms with E-state index >= 15 is 0 Å². The third kappa shape index (κ3) is 2.24. The molecule has 6 heteroatoms. The van der Waals surface area contributed by atoms with Gasteiger partial charge in [-0.3, -0.25) is 4.79 Å². The molecule has 0 aliphatic carbocycles. The minimum Gasteiger partial charge on any atom is -0.496 e. The second kappa shape index (κ2) is 5.40. The maximum atomic E-state index is 11.8. The van der Waals surface area contributed by atoms with Crippen LogP contribution in [0.25, 0.3) is 22.2 Å². The number of benzene rings is 2. The van der Waals surface area contributed by atoms with E-state index in [1.54, 1.807) is 32.4 Å². The minimum atomic E-state index is -0.274. The molecule has 0 bridgehead atoms. The average molecular weight is 297 g/mol. The predicted molar refractivity (Wildman–Crippen MR) is 84.3 cm³/mol. The highest BCUT2D eigenvalue weighted by atomic mass is 16.5. The SMILES string of the molecule is CNC(=O)c1ccc(OC)c(-c2cccc3[nH]c(=O)[nH]c23)c1. The van der Waals surface area contributed by atoms with E-state index in [0.717, 1.165) is 11.1 Å². The van der Waals surface area contributed by atoms with Crippen molar-refractivity contribution in [2.24, 2.45) is 0 Å². The lowest BCUT2D eigenvalue weighted by atomic mass is 10.00. The first-order valence-corrected chi connectivity index (χ1v) is 6.75. The molecule has 1 aromatic heterocycles. The number of carbonyl (C=O) groups excluding carboxylic acids is 1. The minimum absolute atomic E-state index is 0.182. The Hall–Kier alpha value is -3.02. The summed E-state index contributed by atoms with van der Waals surface area (Å²) >= 11 is 0. The van der Waals surface area contributed by atoms with Crippen LogP contribution >= 0.6 is 0 Å². The number of methoxy groups -OCH3 is 1. The molecule has 0 radical (unpaired) electrons. The van der Waals surface area contributed by atoms with E-state index in [0.29, 0.717) is 22.3 Å². The maximum absolute atomic E-state index is 11.8. The monoisotopic (exact) mass is 297 g/mol. The van der Waals surface area contributed by atoms with Crippen molar-refractivity contribution in [1.29, 1.82) is 0 Å². The van der Waals surface area contributed by atoms with Crippen LogP contribution in [0.15, 0.2) is 41.2 Å². The molecule has 0 fully saturated rings. The van der Waals surface area contributed by atoms with Gasteiger partial charge in [-0.2, -0.15) is 0 Å². The average Bonchev–Trinajstić information content (AvgIpc) is 2.93. The predicted octanol–water partition coefficient (Wildman–Crippen LogP) is 1.89. The zero-order valence-corrected chi connectivity index (χ0v) is 12.2. The first kappa shape index (κ1) is 13.9. The van der Waals surface area contributed by atoms with Crippen LogP contribution in [0.2, 0.25) is 0 Å². The quantitative estimate of drug-likeness (QED) is 0.690. The standard InChI is InChI=1S/C16H15N3O3/c1-17-15(20)9-6-7-13(22-2)11(8-9)10-4-3-5-12-14(10)19-16(21)18-12/h3-8H,1-2H3,(H,17,20)(H2,18,19,21). The Morgan fingerprint density at radius 2 is 1.95 bits per heavy atom. The number of H-pyrrole nitrogens is 2. The van der Waals surface area contributed by atoms with Crippen LogP contribution in [-0.2, 0) is 0 Å². The summed E-state index contributed by atoms with van der Waals surface area (Å²) < 4.78 is 5.39. The summed E-state index contributed by atoms with van der Waals surface area (Å²) in [6.07, 6.45) is 0. The highest BCUT2D eigenvalue weighted by Crippen LogP contribution is 2.34. The normalized spacial score (nSPS) is 10.6. The number of ether oxygens (including phenoxy) is 1. The molecule has 2 aromatic carbocycles. The molecule has 0 unspecified atom stereocenters. The highest BCUT2D eigenvalue weighted by molar-refractivity contribution is 5.99. The molecule has 3 N–H and O–H groups in total. The number of hydrogen-bond donors (Lipinski definition) is 3. The first-order valence-electron chi connectivity index (χ1n) is 6.75. The number of rotatable bonds is 3. The smallest absolute Gasteiger partial charge is 0.323 e. The molecule has 6 nitrogen and oxygen atoms in total. The number of imidazole rings is 1.